The number of carbonyl (C=O) groups excluding carboxylic acids is 1. The summed E-state index contributed by atoms with van der Waals surface area (Å²) in [6.45, 7) is 1.87. The number of aromatic nitrogens is 3. The van der Waals surface area contributed by atoms with Crippen LogP contribution in [0.25, 0.3) is 0 Å². The molecule has 0 saturated carbocycles. The van der Waals surface area contributed by atoms with Crippen molar-refractivity contribution >= 4 is 11.9 Å². The molecule has 1 atom stereocenters. The average molecular weight is 386 g/mol. The van der Waals surface area contributed by atoms with E-state index in [0.29, 0.717) is 37.0 Å². The first-order valence-corrected chi connectivity index (χ1v) is 9.21. The minimum atomic E-state index is -0.169. The lowest BCUT2D eigenvalue weighted by atomic mass is 10.2. The van der Waals surface area contributed by atoms with Crippen molar-refractivity contribution in [1.29, 1.82) is 0 Å². The quantitative estimate of drug-likeness (QED) is 0.733. The number of aromatic amines is 1. The summed E-state index contributed by atoms with van der Waals surface area (Å²) in [4.78, 5) is 41.1. The summed E-state index contributed by atoms with van der Waals surface area (Å²) >= 11 is 0. The number of amides is 1. The Kier molecular flexibility index (Phi) is 6.25. The number of nitrogens with one attached hydrogen (secondary N) is 1. The van der Waals surface area contributed by atoms with E-state index < -0.39 is 0 Å². The van der Waals surface area contributed by atoms with Crippen LogP contribution in [0.1, 0.15) is 12.1 Å². The van der Waals surface area contributed by atoms with Crippen LogP contribution < -0.4 is 15.2 Å². The van der Waals surface area contributed by atoms with Crippen LogP contribution in [0.2, 0.25) is 0 Å². The van der Waals surface area contributed by atoms with Gasteiger partial charge in [-0.25, -0.2) is 4.98 Å². The number of nitrogens with zero attached hydrogens (tertiary/aromatic N) is 5. The summed E-state index contributed by atoms with van der Waals surface area (Å²) in [5, 5.41) is 0. The van der Waals surface area contributed by atoms with Crippen LogP contribution in [-0.4, -0.2) is 77.5 Å². The molecule has 28 heavy (non-hydrogen) atoms. The Morgan fingerprint density at radius 3 is 2.93 bits per heavy atom. The van der Waals surface area contributed by atoms with Crippen molar-refractivity contribution in [3.63, 3.8) is 0 Å². The van der Waals surface area contributed by atoms with Gasteiger partial charge in [-0.3, -0.25) is 24.5 Å². The maximum absolute atomic E-state index is 12.4. The molecule has 1 aliphatic rings. The summed E-state index contributed by atoms with van der Waals surface area (Å²) in [6.07, 6.45) is 4.12. The van der Waals surface area contributed by atoms with Crippen molar-refractivity contribution in [3.05, 3.63) is 46.6 Å². The lowest BCUT2D eigenvalue weighted by Crippen LogP contribution is -2.38. The monoisotopic (exact) mass is 386 g/mol. The minimum absolute atomic E-state index is 0.00391. The molecule has 1 aliphatic heterocycles. The van der Waals surface area contributed by atoms with E-state index in [0.717, 1.165) is 6.42 Å². The maximum Gasteiger partial charge on any atom is 0.260 e. The van der Waals surface area contributed by atoms with Gasteiger partial charge in [0.25, 0.3) is 11.5 Å². The van der Waals surface area contributed by atoms with Gasteiger partial charge in [0.05, 0.1) is 11.9 Å². The van der Waals surface area contributed by atoms with Crippen molar-refractivity contribution in [2.75, 3.05) is 45.7 Å². The second-order valence-electron chi connectivity index (χ2n) is 7.13. The highest BCUT2D eigenvalue weighted by Crippen LogP contribution is 2.17. The number of likely N-dealkylation sites (N-methyl/N-ethyl adjacent to an activating group) is 1. The van der Waals surface area contributed by atoms with Crippen molar-refractivity contribution in [1.82, 2.24) is 24.8 Å². The fraction of sp³-hybridized carbons (Fsp3) is 0.474. The number of hydrogen-bond acceptors (Lipinski definition) is 7. The molecular weight excluding hydrogens is 360 g/mol. The predicted octanol–water partition coefficient (Wildman–Crippen LogP) is 0.343. The van der Waals surface area contributed by atoms with Gasteiger partial charge in [-0.1, -0.05) is 0 Å². The van der Waals surface area contributed by atoms with Gasteiger partial charge in [-0.05, 0) is 25.6 Å². The van der Waals surface area contributed by atoms with Crippen LogP contribution in [0.4, 0.5) is 5.95 Å². The Balaban J connectivity index is 1.53. The van der Waals surface area contributed by atoms with Gasteiger partial charge in [-0.15, -0.1) is 0 Å². The number of pyridine rings is 1. The molecule has 1 fully saturated rings. The molecule has 0 radical (unpaired) electrons. The first-order chi connectivity index (χ1) is 13.4. The molecule has 3 heterocycles. The fourth-order valence-electron chi connectivity index (χ4n) is 3.17. The van der Waals surface area contributed by atoms with E-state index >= 15 is 0 Å². The largest absolute Gasteiger partial charge is 0.482 e. The zero-order chi connectivity index (χ0) is 20.1. The highest BCUT2D eigenvalue weighted by Gasteiger charge is 2.29. The lowest BCUT2D eigenvalue weighted by Gasteiger charge is -2.24. The fourth-order valence-corrected chi connectivity index (χ4v) is 3.17. The summed E-state index contributed by atoms with van der Waals surface area (Å²) in [6, 6.07) is 5.28. The lowest BCUT2D eigenvalue weighted by molar-refractivity contribution is -0.132. The Bertz CT molecular complexity index is 854. The van der Waals surface area contributed by atoms with Crippen LogP contribution in [0.15, 0.2) is 35.4 Å². The number of anilines is 1. The standard InChI is InChI=1S/C19H26N6O3/c1-23(2)19-21-14(9-17(26)22-19)11-24(3)15-6-8-25(12-15)18(27)13-28-16-5-4-7-20-10-16/h4-5,7,9-10,15H,6,8,11-13H2,1-3H3,(H,21,22,26). The summed E-state index contributed by atoms with van der Waals surface area (Å²) in [5.74, 6) is 1.08. The van der Waals surface area contributed by atoms with Crippen LogP contribution >= 0.6 is 0 Å². The van der Waals surface area contributed by atoms with E-state index in [1.165, 1.54) is 6.07 Å². The Labute approximate surface area is 164 Å². The molecule has 1 amide bonds. The number of H-pyrrole nitrogens is 1. The SMILES string of the molecule is CN(C)c1nc(CN(C)C2CCN(C(=O)COc3cccnc3)C2)cc(=O)[nH]1. The molecule has 0 spiro atoms. The molecule has 1 N–H and O–H groups in total. The van der Waals surface area contributed by atoms with Gasteiger partial charge in [-0.2, -0.15) is 0 Å². The van der Waals surface area contributed by atoms with Crippen LogP contribution in [0, 0.1) is 0 Å². The summed E-state index contributed by atoms with van der Waals surface area (Å²) < 4.78 is 5.50. The molecule has 1 saturated heterocycles. The van der Waals surface area contributed by atoms with E-state index in [1.807, 2.05) is 26.0 Å². The van der Waals surface area contributed by atoms with E-state index in [2.05, 4.69) is 19.9 Å². The predicted molar refractivity (Wildman–Crippen MR) is 105 cm³/mol. The first-order valence-electron chi connectivity index (χ1n) is 9.21. The molecule has 9 nitrogen and oxygen atoms in total. The van der Waals surface area contributed by atoms with Gasteiger partial charge in [0.15, 0.2) is 6.61 Å². The maximum atomic E-state index is 12.4. The molecule has 3 rings (SSSR count). The van der Waals surface area contributed by atoms with Crippen LogP contribution in [0.3, 0.4) is 0 Å². The van der Waals surface area contributed by atoms with Crippen LogP contribution in [-0.2, 0) is 11.3 Å². The number of hydrogen-bond donors (Lipinski definition) is 1. The van der Waals surface area contributed by atoms with Gasteiger partial charge >= 0.3 is 0 Å². The molecule has 0 aliphatic carbocycles. The third-order valence-electron chi connectivity index (χ3n) is 4.75. The molecule has 1 unspecified atom stereocenters. The minimum Gasteiger partial charge on any atom is -0.482 e. The topological polar surface area (TPSA) is 94.7 Å². The highest BCUT2D eigenvalue weighted by molar-refractivity contribution is 5.78. The summed E-state index contributed by atoms with van der Waals surface area (Å²) in [7, 11) is 5.66. The van der Waals surface area contributed by atoms with E-state index in [-0.39, 0.29) is 24.1 Å². The zero-order valence-corrected chi connectivity index (χ0v) is 16.5. The first kappa shape index (κ1) is 19.8. The second-order valence-corrected chi connectivity index (χ2v) is 7.13. The van der Waals surface area contributed by atoms with Gasteiger partial charge < -0.3 is 14.5 Å². The Hall–Kier alpha value is -2.94. The van der Waals surface area contributed by atoms with Gasteiger partial charge in [0.2, 0.25) is 5.95 Å². The Morgan fingerprint density at radius 1 is 1.39 bits per heavy atom. The molecule has 9 heteroatoms. The third-order valence-corrected chi connectivity index (χ3v) is 4.75. The molecule has 150 valence electrons. The van der Waals surface area contributed by atoms with Gasteiger partial charge in [0, 0.05) is 52.0 Å². The van der Waals surface area contributed by atoms with E-state index in [4.69, 9.17) is 4.74 Å². The molecule has 0 aromatic carbocycles. The number of rotatable bonds is 7. The molecule has 2 aromatic heterocycles. The highest BCUT2D eigenvalue weighted by atomic mass is 16.5. The summed E-state index contributed by atoms with van der Waals surface area (Å²) in [5.41, 5.74) is 0.539. The average Bonchev–Trinajstić information content (AvgIpc) is 3.17. The van der Waals surface area contributed by atoms with Crippen molar-refractivity contribution < 1.29 is 9.53 Å². The van der Waals surface area contributed by atoms with Crippen LogP contribution in [0.5, 0.6) is 5.75 Å². The molecule has 2 aromatic rings. The Morgan fingerprint density at radius 2 is 2.21 bits per heavy atom. The number of carbonyl (C=O) groups is 1. The second kappa shape index (κ2) is 8.83. The van der Waals surface area contributed by atoms with Crippen molar-refractivity contribution in [2.24, 2.45) is 0 Å². The third kappa shape index (κ3) is 5.07. The molecular formula is C19H26N6O3. The van der Waals surface area contributed by atoms with Gasteiger partial charge in [0.1, 0.15) is 5.75 Å². The molecule has 0 bridgehead atoms. The van der Waals surface area contributed by atoms with E-state index in [9.17, 15) is 9.59 Å². The smallest absolute Gasteiger partial charge is 0.260 e. The zero-order valence-electron chi connectivity index (χ0n) is 16.5. The van der Waals surface area contributed by atoms with Crippen molar-refractivity contribution in [3.8, 4) is 5.75 Å². The number of ether oxygens (including phenoxy) is 1. The van der Waals surface area contributed by atoms with Crippen molar-refractivity contribution in [2.45, 2.75) is 19.0 Å². The number of likely N-dealkylation sites (tertiary alicyclic amines) is 1. The normalized spacial score (nSPS) is 16.4. The van der Waals surface area contributed by atoms with E-state index in [1.54, 1.807) is 29.4 Å².